The van der Waals surface area contributed by atoms with Gasteiger partial charge >= 0.3 is 0 Å². The molecule has 4 heterocycles. The Hall–Kier alpha value is -3.36. The molecule has 0 aliphatic carbocycles. The molecule has 0 unspecified atom stereocenters. The zero-order chi connectivity index (χ0) is 22.5. The Morgan fingerprint density at radius 3 is 2.78 bits per heavy atom. The van der Waals surface area contributed by atoms with E-state index in [1.165, 1.54) is 4.90 Å². The fourth-order valence-corrected chi connectivity index (χ4v) is 4.19. The highest BCUT2D eigenvalue weighted by atomic mass is 19.3. The second-order valence-electron chi connectivity index (χ2n) is 8.64. The number of nitrogens with zero attached hydrogens (tertiary/aromatic N) is 5. The highest BCUT2D eigenvalue weighted by Crippen LogP contribution is 2.34. The van der Waals surface area contributed by atoms with Gasteiger partial charge in [0.15, 0.2) is 0 Å². The number of benzene rings is 1. The van der Waals surface area contributed by atoms with Crippen molar-refractivity contribution in [3.63, 3.8) is 0 Å². The molecule has 2 aliphatic rings. The Morgan fingerprint density at radius 1 is 1.22 bits per heavy atom. The topological polar surface area (TPSA) is 74.2 Å². The van der Waals surface area contributed by atoms with E-state index in [2.05, 4.69) is 20.3 Å². The van der Waals surface area contributed by atoms with E-state index in [-0.39, 0.29) is 36.6 Å². The van der Waals surface area contributed by atoms with Crippen LogP contribution in [0.5, 0.6) is 0 Å². The van der Waals surface area contributed by atoms with E-state index in [9.17, 15) is 13.6 Å². The summed E-state index contributed by atoms with van der Waals surface area (Å²) in [6, 6.07) is 9.90. The molecule has 0 radical (unpaired) electrons. The van der Waals surface area contributed by atoms with Gasteiger partial charge in [0.25, 0.3) is 11.8 Å². The average molecular weight is 438 g/mol. The van der Waals surface area contributed by atoms with E-state index in [1.54, 1.807) is 11.1 Å². The first-order valence-electron chi connectivity index (χ1n) is 10.7. The molecule has 1 N–H and O–H groups in total. The molecule has 2 aliphatic heterocycles. The Labute approximate surface area is 184 Å². The summed E-state index contributed by atoms with van der Waals surface area (Å²) >= 11 is 0. The number of pyridine rings is 1. The fourth-order valence-electron chi connectivity index (χ4n) is 4.19. The first-order chi connectivity index (χ1) is 15.3. The number of carbonyl (C=O) groups is 1. The minimum absolute atomic E-state index is 0.00573. The maximum absolute atomic E-state index is 13.8. The van der Waals surface area contributed by atoms with Gasteiger partial charge in [-0.2, -0.15) is 4.98 Å². The molecule has 5 rings (SSSR count). The Morgan fingerprint density at radius 2 is 2.03 bits per heavy atom. The van der Waals surface area contributed by atoms with Crippen LogP contribution in [0.1, 0.15) is 41.9 Å². The zero-order valence-electron chi connectivity index (χ0n) is 18.0. The smallest absolute Gasteiger partial charge is 0.273 e. The minimum Gasteiger partial charge on any atom is -0.365 e. The van der Waals surface area contributed by atoms with Crippen molar-refractivity contribution in [3.05, 3.63) is 53.3 Å². The molecule has 1 saturated heterocycles. The van der Waals surface area contributed by atoms with Gasteiger partial charge in [-0.1, -0.05) is 18.2 Å². The van der Waals surface area contributed by atoms with Crippen LogP contribution in [0.15, 0.2) is 36.5 Å². The molecule has 3 aromatic rings. The van der Waals surface area contributed by atoms with Crippen LogP contribution < -0.4 is 10.2 Å². The van der Waals surface area contributed by atoms with Crippen molar-refractivity contribution in [1.82, 2.24) is 19.9 Å². The SMILES string of the molecule is CC(C)N1Cc2c(NCc3cnc4ccccc4c3)nc(N3CCC(F)(F)C3)nc2C1=O. The molecule has 1 aromatic carbocycles. The number of hydrogen-bond acceptors (Lipinski definition) is 6. The van der Waals surface area contributed by atoms with Gasteiger partial charge in [-0.05, 0) is 31.5 Å². The molecule has 0 atom stereocenters. The monoisotopic (exact) mass is 438 g/mol. The number of hydrogen-bond donors (Lipinski definition) is 1. The molecule has 1 amide bonds. The molecule has 0 spiro atoms. The van der Waals surface area contributed by atoms with Gasteiger partial charge in [-0.3, -0.25) is 9.78 Å². The summed E-state index contributed by atoms with van der Waals surface area (Å²) < 4.78 is 27.6. The quantitative estimate of drug-likeness (QED) is 0.652. The summed E-state index contributed by atoms with van der Waals surface area (Å²) in [5, 5.41) is 4.34. The van der Waals surface area contributed by atoms with Gasteiger partial charge in [-0.25, -0.2) is 13.8 Å². The van der Waals surface area contributed by atoms with Gasteiger partial charge in [-0.15, -0.1) is 0 Å². The summed E-state index contributed by atoms with van der Waals surface area (Å²) in [5.41, 5.74) is 2.86. The summed E-state index contributed by atoms with van der Waals surface area (Å²) in [6.45, 7) is 4.41. The molecule has 9 heteroatoms. The predicted octanol–water partition coefficient (Wildman–Crippen LogP) is 3.85. The normalized spacial score (nSPS) is 17.5. The van der Waals surface area contributed by atoms with E-state index >= 15 is 0 Å². The first-order valence-corrected chi connectivity index (χ1v) is 10.7. The number of halogens is 2. The lowest BCUT2D eigenvalue weighted by Gasteiger charge is -2.19. The Balaban J connectivity index is 1.47. The molecular formula is C23H24F2N6O. The van der Waals surface area contributed by atoms with Crippen LogP contribution in [0.3, 0.4) is 0 Å². The van der Waals surface area contributed by atoms with Gasteiger partial charge in [0.1, 0.15) is 11.5 Å². The van der Waals surface area contributed by atoms with E-state index in [1.807, 2.05) is 44.2 Å². The third-order valence-corrected chi connectivity index (χ3v) is 5.97. The zero-order valence-corrected chi connectivity index (χ0v) is 18.0. The average Bonchev–Trinajstić information content (AvgIpc) is 3.31. The Kier molecular flexibility index (Phi) is 4.91. The first kappa shape index (κ1) is 20.5. The van der Waals surface area contributed by atoms with E-state index < -0.39 is 12.5 Å². The number of para-hydroxylation sites is 1. The maximum Gasteiger partial charge on any atom is 0.273 e. The van der Waals surface area contributed by atoms with Crippen LogP contribution >= 0.6 is 0 Å². The summed E-state index contributed by atoms with van der Waals surface area (Å²) in [6.07, 6.45) is 1.55. The molecule has 0 bridgehead atoms. The number of fused-ring (bicyclic) bond motifs is 2. The number of aromatic nitrogens is 3. The largest absolute Gasteiger partial charge is 0.365 e. The number of alkyl halides is 2. The van der Waals surface area contributed by atoms with E-state index in [0.29, 0.717) is 24.5 Å². The number of rotatable bonds is 5. The third-order valence-electron chi connectivity index (χ3n) is 5.97. The highest BCUT2D eigenvalue weighted by molar-refractivity contribution is 5.98. The molecule has 166 valence electrons. The van der Waals surface area contributed by atoms with Crippen LogP contribution in [0.25, 0.3) is 10.9 Å². The minimum atomic E-state index is -2.78. The van der Waals surface area contributed by atoms with Crippen molar-refractivity contribution >= 4 is 28.6 Å². The van der Waals surface area contributed by atoms with Crippen LogP contribution in [0, 0.1) is 0 Å². The van der Waals surface area contributed by atoms with Crippen LogP contribution in [0.2, 0.25) is 0 Å². The summed E-state index contributed by atoms with van der Waals surface area (Å²) in [5.74, 6) is -2.30. The van der Waals surface area contributed by atoms with Gasteiger partial charge < -0.3 is 15.1 Å². The highest BCUT2D eigenvalue weighted by Gasteiger charge is 2.41. The lowest BCUT2D eigenvalue weighted by molar-refractivity contribution is 0.0256. The van der Waals surface area contributed by atoms with Crippen molar-refractivity contribution in [2.24, 2.45) is 0 Å². The molecule has 2 aromatic heterocycles. The van der Waals surface area contributed by atoms with E-state index in [0.717, 1.165) is 16.5 Å². The summed E-state index contributed by atoms with van der Waals surface area (Å²) in [4.78, 5) is 29.6. The number of carbonyl (C=O) groups excluding carboxylic acids is 1. The van der Waals surface area contributed by atoms with Crippen molar-refractivity contribution < 1.29 is 13.6 Å². The van der Waals surface area contributed by atoms with Gasteiger partial charge in [0.2, 0.25) is 5.95 Å². The van der Waals surface area contributed by atoms with Crippen LogP contribution in [0.4, 0.5) is 20.5 Å². The van der Waals surface area contributed by atoms with Crippen molar-refractivity contribution in [1.29, 1.82) is 0 Å². The van der Waals surface area contributed by atoms with Gasteiger partial charge in [0.05, 0.1) is 18.6 Å². The van der Waals surface area contributed by atoms with Crippen molar-refractivity contribution in [2.45, 2.75) is 45.3 Å². The fraction of sp³-hybridized carbons (Fsp3) is 0.391. The molecule has 0 saturated carbocycles. The third kappa shape index (κ3) is 3.72. The standard InChI is InChI=1S/C23H24F2N6O/c1-14(2)31-12-17-19(21(31)32)28-22(30-8-7-23(24,25)13-30)29-20(17)27-11-15-9-16-5-3-4-6-18(16)26-10-15/h3-6,9-10,14H,7-8,11-13H2,1-2H3,(H,27,28,29). The van der Waals surface area contributed by atoms with Crippen LogP contribution in [-0.4, -0.2) is 50.8 Å². The Bertz CT molecular complexity index is 1200. The molecular weight excluding hydrogens is 414 g/mol. The maximum atomic E-state index is 13.8. The lowest BCUT2D eigenvalue weighted by atomic mass is 10.1. The van der Waals surface area contributed by atoms with E-state index in [4.69, 9.17) is 0 Å². The van der Waals surface area contributed by atoms with Crippen LogP contribution in [-0.2, 0) is 13.1 Å². The second kappa shape index (κ2) is 7.65. The summed E-state index contributed by atoms with van der Waals surface area (Å²) in [7, 11) is 0. The predicted molar refractivity (Wildman–Crippen MR) is 118 cm³/mol. The molecule has 7 nitrogen and oxygen atoms in total. The number of anilines is 2. The molecule has 32 heavy (non-hydrogen) atoms. The lowest BCUT2D eigenvalue weighted by Crippen LogP contribution is -2.31. The van der Waals surface area contributed by atoms with Gasteiger partial charge in [0, 0.05) is 42.7 Å². The van der Waals surface area contributed by atoms with Crippen molar-refractivity contribution in [2.75, 3.05) is 23.3 Å². The molecule has 1 fully saturated rings. The second-order valence-corrected chi connectivity index (χ2v) is 8.64. The number of nitrogens with one attached hydrogen (secondary N) is 1. The van der Waals surface area contributed by atoms with Crippen molar-refractivity contribution in [3.8, 4) is 0 Å². The number of amides is 1.